The second kappa shape index (κ2) is 9.42. The van der Waals surface area contributed by atoms with Crippen LogP contribution in [0.25, 0.3) is 16.9 Å². The van der Waals surface area contributed by atoms with Crippen molar-refractivity contribution in [3.05, 3.63) is 84.2 Å². The minimum atomic E-state index is -0.123. The molecule has 168 valence electrons. The molecule has 1 fully saturated rings. The third kappa shape index (κ3) is 4.59. The van der Waals surface area contributed by atoms with Crippen LogP contribution in [0, 0.1) is 0 Å². The number of hydrogen-bond acceptors (Lipinski definition) is 5. The van der Waals surface area contributed by atoms with Gasteiger partial charge in [-0.25, -0.2) is 9.50 Å². The van der Waals surface area contributed by atoms with Crippen molar-refractivity contribution in [2.75, 3.05) is 20.2 Å². The summed E-state index contributed by atoms with van der Waals surface area (Å²) in [6.45, 7) is 2.88. The van der Waals surface area contributed by atoms with E-state index in [1.165, 1.54) is 5.56 Å². The fourth-order valence-electron chi connectivity index (χ4n) is 4.39. The fraction of sp³-hybridized carbons (Fsp3) is 0.269. The Morgan fingerprint density at radius 1 is 1.09 bits per heavy atom. The van der Waals surface area contributed by atoms with Gasteiger partial charge in [-0.2, -0.15) is 5.10 Å². The standard InChI is InChI=1S/C26H27N5O2/c1-33-22-9-5-8-20(16-22)24-10-13-27-25-23(17-28-31(24)25)26(32)29-21-11-14-30(15-12-21)18-19-6-3-2-4-7-19/h2-10,13,16-17,21H,11-12,14-15,18H2,1H3,(H,29,32). The SMILES string of the molecule is COc1cccc(-c2ccnc3c(C(=O)NC4CCN(Cc5ccccc5)CC4)cnn23)c1. The lowest BCUT2D eigenvalue weighted by molar-refractivity contribution is 0.0910. The van der Waals surface area contributed by atoms with Crippen molar-refractivity contribution in [3.63, 3.8) is 0 Å². The number of likely N-dealkylation sites (tertiary alicyclic amines) is 1. The molecular formula is C26H27N5O2. The van der Waals surface area contributed by atoms with E-state index < -0.39 is 0 Å². The molecule has 33 heavy (non-hydrogen) atoms. The minimum absolute atomic E-state index is 0.123. The summed E-state index contributed by atoms with van der Waals surface area (Å²) in [5.41, 5.74) is 4.17. The molecule has 0 bridgehead atoms. The van der Waals surface area contributed by atoms with Gasteiger partial charge < -0.3 is 10.1 Å². The molecule has 0 aliphatic carbocycles. The molecule has 0 saturated carbocycles. The lowest BCUT2D eigenvalue weighted by atomic mass is 10.0. The second-order valence-corrected chi connectivity index (χ2v) is 8.37. The topological polar surface area (TPSA) is 71.8 Å². The zero-order chi connectivity index (χ0) is 22.6. The normalized spacial score (nSPS) is 14.9. The molecule has 1 amide bonds. The van der Waals surface area contributed by atoms with Crippen LogP contribution in [0.5, 0.6) is 5.75 Å². The van der Waals surface area contributed by atoms with Crippen LogP contribution in [0.1, 0.15) is 28.8 Å². The Morgan fingerprint density at radius 3 is 2.70 bits per heavy atom. The summed E-state index contributed by atoms with van der Waals surface area (Å²) in [5, 5.41) is 7.66. The Morgan fingerprint density at radius 2 is 1.91 bits per heavy atom. The van der Waals surface area contributed by atoms with E-state index in [-0.39, 0.29) is 11.9 Å². The Labute approximate surface area is 193 Å². The van der Waals surface area contributed by atoms with Gasteiger partial charge in [0.05, 0.1) is 19.0 Å². The molecule has 0 atom stereocenters. The van der Waals surface area contributed by atoms with Gasteiger partial charge in [-0.05, 0) is 36.6 Å². The molecule has 7 heteroatoms. The first kappa shape index (κ1) is 21.2. The number of aromatic nitrogens is 3. The average molecular weight is 442 g/mol. The largest absolute Gasteiger partial charge is 0.497 e. The lowest BCUT2D eigenvalue weighted by Gasteiger charge is -2.32. The summed E-state index contributed by atoms with van der Waals surface area (Å²) < 4.78 is 7.06. The van der Waals surface area contributed by atoms with Crippen molar-refractivity contribution in [2.45, 2.75) is 25.4 Å². The summed E-state index contributed by atoms with van der Waals surface area (Å²) in [6.07, 6.45) is 5.18. The Balaban J connectivity index is 1.27. The Hall–Kier alpha value is -3.71. The number of rotatable bonds is 6. The van der Waals surface area contributed by atoms with Crippen LogP contribution >= 0.6 is 0 Å². The number of piperidine rings is 1. The van der Waals surface area contributed by atoms with Crippen LogP contribution in [0.4, 0.5) is 0 Å². The Kier molecular flexibility index (Phi) is 6.04. The van der Waals surface area contributed by atoms with Crippen LogP contribution < -0.4 is 10.1 Å². The number of hydrogen-bond donors (Lipinski definition) is 1. The van der Waals surface area contributed by atoms with Crippen molar-refractivity contribution in [1.29, 1.82) is 0 Å². The van der Waals surface area contributed by atoms with E-state index in [0.717, 1.165) is 49.5 Å². The van der Waals surface area contributed by atoms with Gasteiger partial charge in [0.15, 0.2) is 5.65 Å². The molecule has 3 heterocycles. The molecule has 0 radical (unpaired) electrons. The van der Waals surface area contributed by atoms with Gasteiger partial charge in [-0.1, -0.05) is 42.5 Å². The van der Waals surface area contributed by atoms with E-state index in [4.69, 9.17) is 4.74 Å². The van der Waals surface area contributed by atoms with Crippen LogP contribution in [-0.4, -0.2) is 51.6 Å². The molecule has 4 aromatic rings. The van der Waals surface area contributed by atoms with Crippen molar-refractivity contribution in [2.24, 2.45) is 0 Å². The molecule has 0 spiro atoms. The van der Waals surface area contributed by atoms with Gasteiger partial charge in [-0.15, -0.1) is 0 Å². The van der Waals surface area contributed by atoms with E-state index in [0.29, 0.717) is 11.2 Å². The van der Waals surface area contributed by atoms with E-state index in [2.05, 4.69) is 44.6 Å². The lowest BCUT2D eigenvalue weighted by Crippen LogP contribution is -2.44. The van der Waals surface area contributed by atoms with Gasteiger partial charge in [0.2, 0.25) is 0 Å². The van der Waals surface area contributed by atoms with E-state index in [9.17, 15) is 4.79 Å². The van der Waals surface area contributed by atoms with Gasteiger partial charge in [-0.3, -0.25) is 9.69 Å². The van der Waals surface area contributed by atoms with Crippen molar-refractivity contribution in [1.82, 2.24) is 24.8 Å². The number of nitrogens with zero attached hydrogens (tertiary/aromatic N) is 4. The van der Waals surface area contributed by atoms with Gasteiger partial charge in [0, 0.05) is 37.4 Å². The first-order valence-electron chi connectivity index (χ1n) is 11.3. The van der Waals surface area contributed by atoms with Gasteiger partial charge in [0.1, 0.15) is 11.3 Å². The predicted molar refractivity (Wildman–Crippen MR) is 127 cm³/mol. The van der Waals surface area contributed by atoms with Crippen molar-refractivity contribution >= 4 is 11.6 Å². The highest BCUT2D eigenvalue weighted by Gasteiger charge is 2.23. The highest BCUT2D eigenvalue weighted by atomic mass is 16.5. The highest BCUT2D eigenvalue weighted by Crippen LogP contribution is 2.25. The molecule has 2 aromatic heterocycles. The molecule has 1 N–H and O–H groups in total. The summed E-state index contributed by atoms with van der Waals surface area (Å²) in [4.78, 5) is 20.0. The van der Waals surface area contributed by atoms with Crippen LogP contribution in [0.3, 0.4) is 0 Å². The maximum absolute atomic E-state index is 13.1. The first-order valence-corrected chi connectivity index (χ1v) is 11.3. The molecular weight excluding hydrogens is 414 g/mol. The predicted octanol–water partition coefficient (Wildman–Crippen LogP) is 3.80. The quantitative estimate of drug-likeness (QED) is 0.493. The van der Waals surface area contributed by atoms with Crippen LogP contribution in [0.2, 0.25) is 0 Å². The van der Waals surface area contributed by atoms with Crippen molar-refractivity contribution in [3.8, 4) is 17.0 Å². The maximum atomic E-state index is 13.1. The average Bonchev–Trinajstić information content (AvgIpc) is 3.30. The second-order valence-electron chi connectivity index (χ2n) is 8.37. The molecule has 7 nitrogen and oxygen atoms in total. The molecule has 0 unspecified atom stereocenters. The number of benzene rings is 2. The number of methoxy groups -OCH3 is 1. The number of carbonyl (C=O) groups excluding carboxylic acids is 1. The molecule has 2 aromatic carbocycles. The smallest absolute Gasteiger partial charge is 0.256 e. The summed E-state index contributed by atoms with van der Waals surface area (Å²) in [5.74, 6) is 0.642. The highest BCUT2D eigenvalue weighted by molar-refractivity contribution is 6.00. The van der Waals surface area contributed by atoms with E-state index in [1.807, 2.05) is 36.4 Å². The third-order valence-electron chi connectivity index (χ3n) is 6.18. The number of carbonyl (C=O) groups is 1. The number of ether oxygens (including phenoxy) is 1. The zero-order valence-corrected chi connectivity index (χ0v) is 18.6. The fourth-order valence-corrected chi connectivity index (χ4v) is 4.39. The molecule has 1 saturated heterocycles. The summed E-state index contributed by atoms with van der Waals surface area (Å²) in [7, 11) is 1.64. The molecule has 1 aliphatic heterocycles. The number of amides is 1. The summed E-state index contributed by atoms with van der Waals surface area (Å²) in [6, 6.07) is 20.3. The summed E-state index contributed by atoms with van der Waals surface area (Å²) >= 11 is 0. The zero-order valence-electron chi connectivity index (χ0n) is 18.6. The Bertz CT molecular complexity index is 1250. The van der Waals surface area contributed by atoms with Crippen LogP contribution in [-0.2, 0) is 6.54 Å². The minimum Gasteiger partial charge on any atom is -0.497 e. The molecule has 1 aliphatic rings. The first-order chi connectivity index (χ1) is 16.2. The van der Waals surface area contributed by atoms with Gasteiger partial charge in [0.25, 0.3) is 5.91 Å². The maximum Gasteiger partial charge on any atom is 0.256 e. The van der Waals surface area contributed by atoms with Crippen molar-refractivity contribution < 1.29 is 9.53 Å². The number of nitrogens with one attached hydrogen (secondary N) is 1. The monoisotopic (exact) mass is 441 g/mol. The molecule has 5 rings (SSSR count). The van der Waals surface area contributed by atoms with Crippen LogP contribution in [0.15, 0.2) is 73.1 Å². The third-order valence-corrected chi connectivity index (χ3v) is 6.18. The van der Waals surface area contributed by atoms with E-state index >= 15 is 0 Å². The van der Waals surface area contributed by atoms with E-state index in [1.54, 1.807) is 24.0 Å². The van der Waals surface area contributed by atoms with Gasteiger partial charge >= 0.3 is 0 Å². The number of fused-ring (bicyclic) bond motifs is 1.